The van der Waals surface area contributed by atoms with Gasteiger partial charge in [-0.05, 0) is 54.8 Å². The molecule has 0 saturated carbocycles. The van der Waals surface area contributed by atoms with Crippen LogP contribution in [0.3, 0.4) is 0 Å². The molecular formula is C20H25N3O2S. The van der Waals surface area contributed by atoms with Crippen LogP contribution in [-0.4, -0.2) is 35.8 Å². The molecule has 26 heavy (non-hydrogen) atoms. The normalized spacial score (nSPS) is 16.3. The number of benzene rings is 1. The molecule has 0 radical (unpaired) electrons. The third-order valence-corrected chi connectivity index (χ3v) is 5.84. The van der Waals surface area contributed by atoms with Crippen molar-refractivity contribution in [1.82, 2.24) is 10.2 Å². The molecule has 0 spiro atoms. The third kappa shape index (κ3) is 4.51. The number of likely N-dealkylation sites (tertiary alicyclic amines) is 1. The molecule has 1 saturated heterocycles. The van der Waals surface area contributed by atoms with E-state index in [4.69, 9.17) is 5.73 Å². The van der Waals surface area contributed by atoms with Crippen molar-refractivity contribution < 1.29 is 9.59 Å². The number of amides is 2. The van der Waals surface area contributed by atoms with Crippen molar-refractivity contribution in [1.29, 1.82) is 0 Å². The van der Waals surface area contributed by atoms with Gasteiger partial charge >= 0.3 is 0 Å². The lowest BCUT2D eigenvalue weighted by Gasteiger charge is -2.33. The molecule has 0 bridgehead atoms. The number of nitrogens with zero attached hydrogens (tertiary/aromatic N) is 1. The maximum atomic E-state index is 12.6. The zero-order chi connectivity index (χ0) is 18.5. The number of carbonyl (C=O) groups is 2. The summed E-state index contributed by atoms with van der Waals surface area (Å²) in [4.78, 5) is 27.2. The Kier molecular flexibility index (Phi) is 6.06. The van der Waals surface area contributed by atoms with Gasteiger partial charge in [-0.25, -0.2) is 0 Å². The van der Waals surface area contributed by atoms with Crippen molar-refractivity contribution in [3.05, 3.63) is 57.8 Å². The molecule has 2 aromatic rings. The van der Waals surface area contributed by atoms with E-state index >= 15 is 0 Å². The fraction of sp³-hybridized carbons (Fsp3) is 0.400. The van der Waals surface area contributed by atoms with Crippen LogP contribution in [0, 0.1) is 5.92 Å². The minimum atomic E-state index is -0.0721. The fourth-order valence-corrected chi connectivity index (χ4v) is 3.89. The Morgan fingerprint density at radius 3 is 2.50 bits per heavy atom. The van der Waals surface area contributed by atoms with Crippen LogP contribution in [0.5, 0.6) is 0 Å². The smallest absolute Gasteiger partial charge is 0.261 e. The number of carbonyl (C=O) groups excluding carboxylic acids is 2. The minimum Gasteiger partial charge on any atom is -0.347 e. The molecule has 6 heteroatoms. The average molecular weight is 372 g/mol. The Balaban J connectivity index is 1.52. The monoisotopic (exact) mass is 371 g/mol. The van der Waals surface area contributed by atoms with Crippen molar-refractivity contribution in [2.24, 2.45) is 11.7 Å². The molecule has 2 heterocycles. The number of rotatable bonds is 5. The molecule has 1 fully saturated rings. The summed E-state index contributed by atoms with van der Waals surface area (Å²) in [7, 11) is 0. The van der Waals surface area contributed by atoms with E-state index in [2.05, 4.69) is 5.32 Å². The summed E-state index contributed by atoms with van der Waals surface area (Å²) in [6.07, 6.45) is 1.94. The maximum absolute atomic E-state index is 12.6. The molecule has 5 nitrogen and oxygen atoms in total. The van der Waals surface area contributed by atoms with E-state index in [9.17, 15) is 9.59 Å². The summed E-state index contributed by atoms with van der Waals surface area (Å²) < 4.78 is 0. The van der Waals surface area contributed by atoms with Gasteiger partial charge in [0.25, 0.3) is 11.8 Å². The van der Waals surface area contributed by atoms with Crippen LogP contribution in [0.15, 0.2) is 41.8 Å². The van der Waals surface area contributed by atoms with Gasteiger partial charge in [0, 0.05) is 31.2 Å². The second kappa shape index (κ2) is 8.47. The predicted molar refractivity (Wildman–Crippen MR) is 104 cm³/mol. The van der Waals surface area contributed by atoms with Crippen LogP contribution in [0.1, 0.15) is 45.4 Å². The highest BCUT2D eigenvalue weighted by Crippen LogP contribution is 2.21. The molecule has 3 N–H and O–H groups in total. The molecule has 0 aliphatic carbocycles. The molecular weight excluding hydrogens is 346 g/mol. The van der Waals surface area contributed by atoms with Crippen LogP contribution in [0.25, 0.3) is 0 Å². The number of hydrogen-bond acceptors (Lipinski definition) is 4. The van der Waals surface area contributed by atoms with E-state index in [0.717, 1.165) is 31.5 Å². The molecule has 2 amide bonds. The zero-order valence-corrected chi connectivity index (χ0v) is 15.8. The first-order valence-electron chi connectivity index (χ1n) is 9.00. The Labute approximate surface area is 158 Å². The van der Waals surface area contributed by atoms with Gasteiger partial charge in [-0.15, -0.1) is 11.3 Å². The average Bonchev–Trinajstić information content (AvgIpc) is 3.21. The van der Waals surface area contributed by atoms with Gasteiger partial charge in [0.2, 0.25) is 0 Å². The first kappa shape index (κ1) is 18.6. The first-order chi connectivity index (χ1) is 12.5. The molecule has 1 aliphatic heterocycles. The molecule has 138 valence electrons. The molecule has 1 aliphatic rings. The van der Waals surface area contributed by atoms with Crippen LogP contribution in [0.2, 0.25) is 0 Å². The van der Waals surface area contributed by atoms with Gasteiger partial charge in [0.05, 0.1) is 4.88 Å². The van der Waals surface area contributed by atoms with E-state index in [0.29, 0.717) is 22.9 Å². The highest BCUT2D eigenvalue weighted by molar-refractivity contribution is 7.12. The van der Waals surface area contributed by atoms with Crippen molar-refractivity contribution >= 4 is 23.2 Å². The minimum absolute atomic E-state index is 0.0716. The Hall–Kier alpha value is -2.18. The van der Waals surface area contributed by atoms with E-state index in [1.807, 2.05) is 47.5 Å². The van der Waals surface area contributed by atoms with E-state index in [-0.39, 0.29) is 17.9 Å². The van der Waals surface area contributed by atoms with Crippen LogP contribution in [0.4, 0.5) is 0 Å². The number of nitrogens with one attached hydrogen (secondary N) is 1. The molecule has 1 atom stereocenters. The Morgan fingerprint density at radius 2 is 1.92 bits per heavy atom. The quantitative estimate of drug-likeness (QED) is 0.849. The lowest BCUT2D eigenvalue weighted by atomic mass is 9.90. The SMILES string of the molecule is CC(N)C1CCN(C(=O)c2ccc(CNC(=O)c3cccs3)cc2)CC1. The van der Waals surface area contributed by atoms with Gasteiger partial charge in [-0.3, -0.25) is 9.59 Å². The van der Waals surface area contributed by atoms with Gasteiger partial charge in [0.15, 0.2) is 0 Å². The summed E-state index contributed by atoms with van der Waals surface area (Å²) in [6.45, 7) is 4.02. The van der Waals surface area contributed by atoms with E-state index in [1.54, 1.807) is 6.07 Å². The largest absolute Gasteiger partial charge is 0.347 e. The van der Waals surface area contributed by atoms with Crippen molar-refractivity contribution in [3.8, 4) is 0 Å². The van der Waals surface area contributed by atoms with Gasteiger partial charge in [-0.2, -0.15) is 0 Å². The highest BCUT2D eigenvalue weighted by Gasteiger charge is 2.25. The lowest BCUT2D eigenvalue weighted by Crippen LogP contribution is -2.42. The van der Waals surface area contributed by atoms with E-state index in [1.165, 1.54) is 11.3 Å². The van der Waals surface area contributed by atoms with Crippen LogP contribution < -0.4 is 11.1 Å². The second-order valence-electron chi connectivity index (χ2n) is 6.85. The first-order valence-corrected chi connectivity index (χ1v) is 9.88. The summed E-state index contributed by atoms with van der Waals surface area (Å²) in [5.74, 6) is 0.507. The summed E-state index contributed by atoms with van der Waals surface area (Å²) in [6, 6.07) is 11.3. The third-order valence-electron chi connectivity index (χ3n) is 4.97. The topological polar surface area (TPSA) is 75.4 Å². The van der Waals surface area contributed by atoms with Crippen LogP contribution >= 0.6 is 11.3 Å². The second-order valence-corrected chi connectivity index (χ2v) is 7.79. The lowest BCUT2D eigenvalue weighted by molar-refractivity contribution is 0.0680. The van der Waals surface area contributed by atoms with Crippen molar-refractivity contribution in [2.75, 3.05) is 13.1 Å². The summed E-state index contributed by atoms with van der Waals surface area (Å²) >= 11 is 1.42. The van der Waals surface area contributed by atoms with Gasteiger partial charge in [0.1, 0.15) is 0 Å². The fourth-order valence-electron chi connectivity index (χ4n) is 3.25. The standard InChI is InChI=1S/C20H25N3O2S/c1-14(21)16-8-10-23(11-9-16)20(25)17-6-4-15(5-7-17)13-22-19(24)18-3-2-12-26-18/h2-7,12,14,16H,8-11,13,21H2,1H3,(H,22,24). The van der Waals surface area contributed by atoms with Crippen molar-refractivity contribution in [3.63, 3.8) is 0 Å². The molecule has 1 aromatic heterocycles. The zero-order valence-electron chi connectivity index (χ0n) is 15.0. The molecule has 1 aromatic carbocycles. The number of hydrogen-bond donors (Lipinski definition) is 2. The number of piperidine rings is 1. The summed E-state index contributed by atoms with van der Waals surface area (Å²) in [5.41, 5.74) is 7.63. The maximum Gasteiger partial charge on any atom is 0.261 e. The Bertz CT molecular complexity index is 733. The molecule has 3 rings (SSSR count). The number of thiophene rings is 1. The van der Waals surface area contributed by atoms with Gasteiger partial charge < -0.3 is 16.0 Å². The van der Waals surface area contributed by atoms with Gasteiger partial charge in [-0.1, -0.05) is 18.2 Å². The Morgan fingerprint density at radius 1 is 1.23 bits per heavy atom. The summed E-state index contributed by atoms with van der Waals surface area (Å²) in [5, 5.41) is 4.77. The van der Waals surface area contributed by atoms with E-state index < -0.39 is 0 Å². The predicted octanol–water partition coefficient (Wildman–Crippen LogP) is 2.88. The van der Waals surface area contributed by atoms with Crippen molar-refractivity contribution in [2.45, 2.75) is 32.4 Å². The van der Waals surface area contributed by atoms with Crippen LogP contribution in [-0.2, 0) is 6.54 Å². The molecule has 1 unspecified atom stereocenters. The number of nitrogens with two attached hydrogens (primary N) is 1. The highest BCUT2D eigenvalue weighted by atomic mass is 32.1.